The summed E-state index contributed by atoms with van der Waals surface area (Å²) in [6.45, 7) is 2.44. The van der Waals surface area contributed by atoms with Crippen LogP contribution in [0.2, 0.25) is 5.02 Å². The first-order valence-electron chi connectivity index (χ1n) is 11.1. The number of nitrogens with one attached hydrogen (secondary N) is 1. The molecule has 1 aliphatic rings. The molecule has 0 saturated carbocycles. The third-order valence-electron chi connectivity index (χ3n) is 6.14. The zero-order chi connectivity index (χ0) is 23.4. The molecule has 3 aromatic rings. The predicted molar refractivity (Wildman–Crippen MR) is 127 cm³/mol. The molecule has 0 radical (unpaired) electrons. The van der Waals surface area contributed by atoms with Crippen molar-refractivity contribution in [2.24, 2.45) is 5.92 Å². The Hall–Kier alpha value is -3.18. The molecule has 3 aromatic carbocycles. The first kappa shape index (κ1) is 23.0. The molecular weight excluding hydrogens is 439 g/mol. The van der Waals surface area contributed by atoms with Gasteiger partial charge in [0.2, 0.25) is 5.91 Å². The average Bonchev–Trinajstić information content (AvgIpc) is 2.83. The number of carbonyl (C=O) groups is 2. The quantitative estimate of drug-likeness (QED) is 0.526. The molecule has 1 heterocycles. The second-order valence-electron chi connectivity index (χ2n) is 8.48. The number of rotatable bonds is 5. The van der Waals surface area contributed by atoms with Gasteiger partial charge in [-0.1, -0.05) is 59.6 Å². The number of amides is 2. The minimum atomic E-state index is -0.367. The van der Waals surface area contributed by atoms with Crippen molar-refractivity contribution >= 4 is 23.4 Å². The minimum absolute atomic E-state index is 0.119. The third-order valence-corrected chi connectivity index (χ3v) is 6.39. The number of hydrogen-bond donors (Lipinski definition) is 1. The van der Waals surface area contributed by atoms with Crippen molar-refractivity contribution in [2.45, 2.75) is 32.4 Å². The maximum atomic E-state index is 13.9. The lowest BCUT2D eigenvalue weighted by atomic mass is 9.87. The van der Waals surface area contributed by atoms with Crippen molar-refractivity contribution in [3.05, 3.63) is 106 Å². The summed E-state index contributed by atoms with van der Waals surface area (Å²) in [6.07, 6.45) is 1.31. The molecule has 33 heavy (non-hydrogen) atoms. The van der Waals surface area contributed by atoms with Gasteiger partial charge in [-0.25, -0.2) is 4.39 Å². The fraction of sp³-hybridized carbons (Fsp3) is 0.259. The van der Waals surface area contributed by atoms with E-state index in [9.17, 15) is 14.0 Å². The largest absolute Gasteiger partial charge is 0.352 e. The highest BCUT2D eigenvalue weighted by Crippen LogP contribution is 2.35. The highest BCUT2D eigenvalue weighted by molar-refractivity contribution is 6.30. The fourth-order valence-electron chi connectivity index (χ4n) is 4.36. The van der Waals surface area contributed by atoms with Gasteiger partial charge in [0.05, 0.1) is 12.0 Å². The normalized spacial score (nSPS) is 18.1. The molecule has 2 amide bonds. The van der Waals surface area contributed by atoms with Gasteiger partial charge in [0.15, 0.2) is 0 Å². The van der Waals surface area contributed by atoms with Gasteiger partial charge >= 0.3 is 0 Å². The van der Waals surface area contributed by atoms with Crippen LogP contribution in [0, 0.1) is 18.7 Å². The molecule has 170 valence electrons. The molecule has 6 heteroatoms. The van der Waals surface area contributed by atoms with Crippen LogP contribution >= 0.6 is 11.6 Å². The second kappa shape index (κ2) is 10.2. The Balaban J connectivity index is 1.54. The molecule has 1 aliphatic heterocycles. The van der Waals surface area contributed by atoms with E-state index in [4.69, 9.17) is 11.6 Å². The van der Waals surface area contributed by atoms with E-state index in [0.717, 1.165) is 11.1 Å². The molecule has 0 aromatic heterocycles. The molecule has 0 unspecified atom stereocenters. The van der Waals surface area contributed by atoms with Crippen LogP contribution in [-0.2, 0) is 11.3 Å². The molecule has 2 atom stereocenters. The van der Waals surface area contributed by atoms with E-state index >= 15 is 0 Å². The highest BCUT2D eigenvalue weighted by atomic mass is 35.5. The van der Waals surface area contributed by atoms with Crippen molar-refractivity contribution in [1.82, 2.24) is 10.2 Å². The zero-order valence-electron chi connectivity index (χ0n) is 18.4. The molecule has 0 aliphatic carbocycles. The van der Waals surface area contributed by atoms with E-state index in [1.807, 2.05) is 25.1 Å². The number of benzene rings is 3. The van der Waals surface area contributed by atoms with Gasteiger partial charge < -0.3 is 10.2 Å². The summed E-state index contributed by atoms with van der Waals surface area (Å²) in [5.41, 5.74) is 3.15. The van der Waals surface area contributed by atoms with E-state index in [-0.39, 0.29) is 36.1 Å². The summed E-state index contributed by atoms with van der Waals surface area (Å²) in [5.74, 6) is -1.02. The number of nitrogens with zero attached hydrogens (tertiary/aromatic N) is 1. The Kier molecular flexibility index (Phi) is 7.09. The molecule has 4 rings (SSSR count). The first-order valence-corrected chi connectivity index (χ1v) is 11.4. The minimum Gasteiger partial charge on any atom is -0.352 e. The maximum Gasteiger partial charge on any atom is 0.254 e. The molecule has 1 saturated heterocycles. The topological polar surface area (TPSA) is 49.4 Å². The van der Waals surface area contributed by atoms with Gasteiger partial charge in [0, 0.05) is 29.2 Å². The second-order valence-corrected chi connectivity index (χ2v) is 8.91. The summed E-state index contributed by atoms with van der Waals surface area (Å²) in [7, 11) is 0. The van der Waals surface area contributed by atoms with Crippen LogP contribution in [0.15, 0.2) is 72.8 Å². The van der Waals surface area contributed by atoms with E-state index in [0.29, 0.717) is 35.5 Å². The SMILES string of the molecule is Cc1cccc([C@H]2CC[C@@H](C(=O)NCc3ccccc3F)CN2C(=O)c2ccc(Cl)cc2)c1. The summed E-state index contributed by atoms with van der Waals surface area (Å²) < 4.78 is 13.9. The standard InChI is InChI=1S/C27H26ClFN2O2/c1-18-5-4-7-20(15-18)25-14-11-22(26(32)30-16-21-6-2-3-8-24(21)29)17-31(25)27(33)19-9-12-23(28)13-10-19/h2-10,12-13,15,22,25H,11,14,16-17H2,1H3,(H,30,32)/t22-,25-/m1/s1. The van der Waals surface area contributed by atoms with Gasteiger partial charge in [-0.3, -0.25) is 9.59 Å². The monoisotopic (exact) mass is 464 g/mol. The Morgan fingerprint density at radius 2 is 1.79 bits per heavy atom. The zero-order valence-corrected chi connectivity index (χ0v) is 19.2. The van der Waals surface area contributed by atoms with Crippen molar-refractivity contribution in [2.75, 3.05) is 6.54 Å². The lowest BCUT2D eigenvalue weighted by molar-refractivity contribution is -0.127. The summed E-state index contributed by atoms with van der Waals surface area (Å²) in [5, 5.41) is 3.41. The van der Waals surface area contributed by atoms with Crippen LogP contribution < -0.4 is 5.32 Å². The Labute approximate surface area is 198 Å². The van der Waals surface area contributed by atoms with Crippen molar-refractivity contribution in [3.8, 4) is 0 Å². The number of carbonyl (C=O) groups excluding carboxylic acids is 2. The lowest BCUT2D eigenvalue weighted by Gasteiger charge is -2.39. The molecule has 0 bridgehead atoms. The maximum absolute atomic E-state index is 13.9. The Bertz CT molecular complexity index is 1150. The van der Waals surface area contributed by atoms with Crippen molar-refractivity contribution in [1.29, 1.82) is 0 Å². The van der Waals surface area contributed by atoms with Crippen molar-refractivity contribution < 1.29 is 14.0 Å². The summed E-state index contributed by atoms with van der Waals surface area (Å²) in [4.78, 5) is 28.2. The molecular formula is C27H26ClFN2O2. The molecule has 4 nitrogen and oxygen atoms in total. The number of aryl methyl sites for hydroxylation is 1. The van der Waals surface area contributed by atoms with Gasteiger partial charge in [0.1, 0.15) is 5.82 Å². The van der Waals surface area contributed by atoms with E-state index < -0.39 is 0 Å². The Morgan fingerprint density at radius 3 is 2.52 bits per heavy atom. The van der Waals surface area contributed by atoms with Crippen LogP contribution in [0.4, 0.5) is 4.39 Å². The van der Waals surface area contributed by atoms with Crippen LogP contribution in [0.1, 0.15) is 45.9 Å². The van der Waals surface area contributed by atoms with E-state index in [1.165, 1.54) is 6.07 Å². The molecule has 0 spiro atoms. The smallest absolute Gasteiger partial charge is 0.254 e. The number of halogens is 2. The van der Waals surface area contributed by atoms with E-state index in [2.05, 4.69) is 11.4 Å². The number of piperidine rings is 1. The van der Waals surface area contributed by atoms with Gasteiger partial charge in [-0.05, 0) is 55.7 Å². The van der Waals surface area contributed by atoms with Gasteiger partial charge in [-0.15, -0.1) is 0 Å². The summed E-state index contributed by atoms with van der Waals surface area (Å²) >= 11 is 6.00. The summed E-state index contributed by atoms with van der Waals surface area (Å²) in [6, 6.07) is 21.2. The van der Waals surface area contributed by atoms with Crippen LogP contribution in [0.5, 0.6) is 0 Å². The lowest BCUT2D eigenvalue weighted by Crippen LogP contribution is -2.47. The van der Waals surface area contributed by atoms with Gasteiger partial charge in [-0.2, -0.15) is 0 Å². The molecule has 1 N–H and O–H groups in total. The Morgan fingerprint density at radius 1 is 1.03 bits per heavy atom. The van der Waals surface area contributed by atoms with Crippen LogP contribution in [0.25, 0.3) is 0 Å². The first-order chi connectivity index (χ1) is 15.9. The van der Waals surface area contributed by atoms with Crippen LogP contribution in [-0.4, -0.2) is 23.3 Å². The van der Waals surface area contributed by atoms with Crippen molar-refractivity contribution in [3.63, 3.8) is 0 Å². The van der Waals surface area contributed by atoms with Gasteiger partial charge in [0.25, 0.3) is 5.91 Å². The predicted octanol–water partition coefficient (Wildman–Crippen LogP) is 5.70. The van der Waals surface area contributed by atoms with E-state index in [1.54, 1.807) is 47.4 Å². The number of hydrogen-bond acceptors (Lipinski definition) is 2. The average molecular weight is 465 g/mol. The highest BCUT2D eigenvalue weighted by Gasteiger charge is 2.36. The molecule has 1 fully saturated rings. The fourth-order valence-corrected chi connectivity index (χ4v) is 4.49. The number of likely N-dealkylation sites (tertiary alicyclic amines) is 1. The van der Waals surface area contributed by atoms with Crippen LogP contribution in [0.3, 0.4) is 0 Å². The third kappa shape index (κ3) is 5.42.